The van der Waals surface area contributed by atoms with Crippen LogP contribution >= 0.6 is 11.8 Å². The summed E-state index contributed by atoms with van der Waals surface area (Å²) in [6, 6.07) is 12.3. The Morgan fingerprint density at radius 1 is 1.21 bits per heavy atom. The summed E-state index contributed by atoms with van der Waals surface area (Å²) in [5.74, 6) is 5.67. The number of carbonyl (C=O) groups is 1. The molecule has 3 aromatic rings. The van der Waals surface area contributed by atoms with Crippen LogP contribution in [0.25, 0.3) is 11.4 Å². The smallest absolute Gasteiger partial charge is 0.237 e. The molecule has 0 spiro atoms. The molecule has 1 amide bonds. The van der Waals surface area contributed by atoms with Crippen LogP contribution in [-0.4, -0.2) is 26.0 Å². The Labute approximate surface area is 166 Å². The standard InChI is InChI=1S/C20H20FN5OS/c1-12(19(27)23-15-10-9-13-5-4-6-14(13)11-15)28-20-25-24-18(26(20)22)16-7-2-3-8-17(16)21/h2-3,7-12H,4-6,22H2,1H3,(H,23,27)/t12-/m1/s1. The number of hydrogen-bond acceptors (Lipinski definition) is 5. The summed E-state index contributed by atoms with van der Waals surface area (Å²) in [6.07, 6.45) is 3.32. The molecule has 2 aromatic carbocycles. The van der Waals surface area contributed by atoms with Crippen molar-refractivity contribution in [3.8, 4) is 11.4 Å². The Hall–Kier alpha value is -2.87. The van der Waals surface area contributed by atoms with Gasteiger partial charge < -0.3 is 11.2 Å². The fraction of sp³-hybridized carbons (Fsp3) is 0.250. The minimum atomic E-state index is -0.451. The van der Waals surface area contributed by atoms with E-state index in [1.165, 1.54) is 33.6 Å². The van der Waals surface area contributed by atoms with Crippen LogP contribution in [0, 0.1) is 5.82 Å². The third-order valence-electron chi connectivity index (χ3n) is 4.80. The van der Waals surface area contributed by atoms with E-state index < -0.39 is 11.1 Å². The number of nitrogen functional groups attached to an aromatic ring is 1. The van der Waals surface area contributed by atoms with Crippen LogP contribution in [-0.2, 0) is 17.6 Å². The maximum absolute atomic E-state index is 14.0. The summed E-state index contributed by atoms with van der Waals surface area (Å²) >= 11 is 1.17. The molecule has 1 aliphatic carbocycles. The number of benzene rings is 2. The van der Waals surface area contributed by atoms with E-state index >= 15 is 0 Å². The molecule has 6 nitrogen and oxygen atoms in total. The zero-order valence-corrected chi connectivity index (χ0v) is 16.2. The molecule has 144 valence electrons. The first-order valence-electron chi connectivity index (χ1n) is 9.07. The summed E-state index contributed by atoms with van der Waals surface area (Å²) in [5.41, 5.74) is 3.71. The minimum Gasteiger partial charge on any atom is -0.335 e. The summed E-state index contributed by atoms with van der Waals surface area (Å²) < 4.78 is 15.2. The number of rotatable bonds is 5. The molecule has 0 radical (unpaired) electrons. The molecule has 0 saturated carbocycles. The molecule has 1 aromatic heterocycles. The Bertz CT molecular complexity index is 1040. The Kier molecular flexibility index (Phi) is 5.04. The molecule has 4 rings (SSSR count). The van der Waals surface area contributed by atoms with Gasteiger partial charge in [-0.1, -0.05) is 30.0 Å². The van der Waals surface area contributed by atoms with Gasteiger partial charge in [0.25, 0.3) is 0 Å². The number of aromatic nitrogens is 3. The predicted octanol–water partition coefficient (Wildman–Crippen LogP) is 3.41. The SMILES string of the molecule is C[C@@H](Sc1nnc(-c2ccccc2F)n1N)C(=O)Nc1ccc2c(c1)CCC2. The van der Waals surface area contributed by atoms with Crippen molar-refractivity contribution >= 4 is 23.4 Å². The van der Waals surface area contributed by atoms with Gasteiger partial charge in [0.15, 0.2) is 5.82 Å². The Morgan fingerprint density at radius 2 is 2.00 bits per heavy atom. The van der Waals surface area contributed by atoms with E-state index in [9.17, 15) is 9.18 Å². The van der Waals surface area contributed by atoms with Crippen molar-refractivity contribution in [3.05, 3.63) is 59.4 Å². The zero-order valence-electron chi connectivity index (χ0n) is 15.4. The molecule has 28 heavy (non-hydrogen) atoms. The van der Waals surface area contributed by atoms with Crippen molar-refractivity contribution in [2.45, 2.75) is 36.6 Å². The highest BCUT2D eigenvalue weighted by Crippen LogP contribution is 2.28. The van der Waals surface area contributed by atoms with Gasteiger partial charge in [-0.3, -0.25) is 4.79 Å². The average molecular weight is 397 g/mol. The second-order valence-corrected chi connectivity index (χ2v) is 8.05. The largest absolute Gasteiger partial charge is 0.335 e. The van der Waals surface area contributed by atoms with Crippen LogP contribution in [0.2, 0.25) is 0 Å². The normalized spacial score (nSPS) is 13.9. The monoisotopic (exact) mass is 397 g/mol. The summed E-state index contributed by atoms with van der Waals surface area (Å²) in [6.45, 7) is 1.77. The quantitative estimate of drug-likeness (QED) is 0.509. The Balaban J connectivity index is 1.46. The summed E-state index contributed by atoms with van der Waals surface area (Å²) in [5, 5.41) is 10.8. The highest BCUT2D eigenvalue weighted by molar-refractivity contribution is 8.00. The zero-order chi connectivity index (χ0) is 19.7. The molecule has 0 bridgehead atoms. The van der Waals surface area contributed by atoms with Gasteiger partial charge in [0, 0.05) is 5.69 Å². The van der Waals surface area contributed by atoms with E-state index in [4.69, 9.17) is 5.84 Å². The second-order valence-electron chi connectivity index (χ2n) is 6.74. The van der Waals surface area contributed by atoms with Gasteiger partial charge in [-0.25, -0.2) is 9.07 Å². The number of carbonyl (C=O) groups excluding carboxylic acids is 1. The molecule has 0 saturated heterocycles. The lowest BCUT2D eigenvalue weighted by atomic mass is 10.1. The molecule has 8 heteroatoms. The van der Waals surface area contributed by atoms with E-state index in [0.29, 0.717) is 5.16 Å². The number of fused-ring (bicyclic) bond motifs is 1. The third-order valence-corrected chi connectivity index (χ3v) is 5.85. The molecule has 0 aliphatic heterocycles. The summed E-state index contributed by atoms with van der Waals surface area (Å²) in [7, 11) is 0. The molecule has 1 atom stereocenters. The van der Waals surface area contributed by atoms with Gasteiger partial charge >= 0.3 is 0 Å². The van der Waals surface area contributed by atoms with Gasteiger partial charge in [0.1, 0.15) is 5.82 Å². The molecular formula is C20H20FN5OS. The first-order chi connectivity index (χ1) is 13.5. The highest BCUT2D eigenvalue weighted by atomic mass is 32.2. The topological polar surface area (TPSA) is 85.8 Å². The van der Waals surface area contributed by atoms with Crippen molar-refractivity contribution < 1.29 is 9.18 Å². The maximum Gasteiger partial charge on any atom is 0.237 e. The molecule has 1 heterocycles. The molecule has 0 fully saturated rings. The van der Waals surface area contributed by atoms with Crippen LogP contribution in [0.5, 0.6) is 0 Å². The van der Waals surface area contributed by atoms with Crippen molar-refractivity contribution in [2.75, 3.05) is 11.2 Å². The van der Waals surface area contributed by atoms with Crippen molar-refractivity contribution in [3.63, 3.8) is 0 Å². The number of hydrogen-bond donors (Lipinski definition) is 2. The summed E-state index contributed by atoms with van der Waals surface area (Å²) in [4.78, 5) is 12.6. The second kappa shape index (κ2) is 7.63. The number of nitrogens with one attached hydrogen (secondary N) is 1. The number of nitrogens with two attached hydrogens (primary N) is 1. The lowest BCUT2D eigenvalue weighted by Gasteiger charge is -2.12. The minimum absolute atomic E-state index is 0.154. The van der Waals surface area contributed by atoms with Crippen molar-refractivity contribution in [2.24, 2.45) is 0 Å². The van der Waals surface area contributed by atoms with Gasteiger partial charge in [0.2, 0.25) is 11.1 Å². The van der Waals surface area contributed by atoms with Crippen molar-refractivity contribution in [1.82, 2.24) is 14.9 Å². The number of nitrogens with zero attached hydrogens (tertiary/aromatic N) is 3. The number of aryl methyl sites for hydroxylation is 2. The van der Waals surface area contributed by atoms with Gasteiger partial charge in [-0.2, -0.15) is 0 Å². The van der Waals surface area contributed by atoms with E-state index in [1.807, 2.05) is 12.1 Å². The van der Waals surface area contributed by atoms with E-state index in [-0.39, 0.29) is 17.3 Å². The molecule has 0 unspecified atom stereocenters. The van der Waals surface area contributed by atoms with Crippen LogP contribution in [0.15, 0.2) is 47.6 Å². The number of thioether (sulfide) groups is 1. The van der Waals surface area contributed by atoms with E-state index in [2.05, 4.69) is 21.6 Å². The van der Waals surface area contributed by atoms with Gasteiger partial charge in [-0.05, 0) is 61.6 Å². The first-order valence-corrected chi connectivity index (χ1v) is 9.95. The van der Waals surface area contributed by atoms with E-state index in [0.717, 1.165) is 24.9 Å². The number of halogens is 1. The lowest BCUT2D eigenvalue weighted by molar-refractivity contribution is -0.115. The van der Waals surface area contributed by atoms with Crippen LogP contribution in [0.3, 0.4) is 0 Å². The van der Waals surface area contributed by atoms with E-state index in [1.54, 1.807) is 25.1 Å². The van der Waals surface area contributed by atoms with Gasteiger partial charge in [-0.15, -0.1) is 10.2 Å². The maximum atomic E-state index is 14.0. The fourth-order valence-electron chi connectivity index (χ4n) is 3.29. The Morgan fingerprint density at radius 3 is 2.82 bits per heavy atom. The number of anilines is 1. The predicted molar refractivity (Wildman–Crippen MR) is 108 cm³/mol. The highest BCUT2D eigenvalue weighted by Gasteiger charge is 2.21. The third kappa shape index (κ3) is 3.60. The van der Waals surface area contributed by atoms with Crippen molar-refractivity contribution in [1.29, 1.82) is 0 Å². The molecular weight excluding hydrogens is 377 g/mol. The molecule has 1 aliphatic rings. The number of amides is 1. The average Bonchev–Trinajstić information content (AvgIpc) is 3.29. The van der Waals surface area contributed by atoms with Gasteiger partial charge in [0.05, 0.1) is 10.8 Å². The van der Waals surface area contributed by atoms with Crippen LogP contribution in [0.1, 0.15) is 24.5 Å². The fourth-order valence-corrected chi connectivity index (χ4v) is 4.06. The van der Waals surface area contributed by atoms with Crippen LogP contribution in [0.4, 0.5) is 10.1 Å². The van der Waals surface area contributed by atoms with Crippen LogP contribution < -0.4 is 11.2 Å². The lowest BCUT2D eigenvalue weighted by Crippen LogP contribution is -2.23. The first kappa shape index (κ1) is 18.5. The molecule has 3 N–H and O–H groups in total.